The molecule has 0 unspecified atom stereocenters. The van der Waals surface area contributed by atoms with E-state index in [9.17, 15) is 13.2 Å². The molecule has 0 heterocycles. The molecule has 0 aliphatic rings. The van der Waals surface area contributed by atoms with E-state index in [0.717, 1.165) is 10.6 Å². The summed E-state index contributed by atoms with van der Waals surface area (Å²) in [6.45, 7) is 1.49. The Morgan fingerprint density at radius 3 is 2.08 bits per heavy atom. The van der Waals surface area contributed by atoms with E-state index in [4.69, 9.17) is 23.2 Å². The Bertz CT molecular complexity index is 821. The van der Waals surface area contributed by atoms with E-state index in [1.807, 2.05) is 0 Å². The molecule has 0 aromatic heterocycles. The van der Waals surface area contributed by atoms with Crippen molar-refractivity contribution in [3.8, 4) is 0 Å². The van der Waals surface area contributed by atoms with Gasteiger partial charge in [0.15, 0.2) is 0 Å². The van der Waals surface area contributed by atoms with E-state index in [1.165, 1.54) is 6.92 Å². The van der Waals surface area contributed by atoms with Crippen LogP contribution in [-0.2, 0) is 14.8 Å². The first-order valence-corrected chi connectivity index (χ1v) is 9.61. The quantitative estimate of drug-likeness (QED) is 0.849. The number of halogens is 2. The van der Waals surface area contributed by atoms with E-state index in [-0.39, 0.29) is 15.7 Å². The fourth-order valence-electron chi connectivity index (χ4n) is 2.23. The van der Waals surface area contributed by atoms with Crippen molar-refractivity contribution in [2.45, 2.75) is 13.0 Å². The third-order valence-electron chi connectivity index (χ3n) is 3.31. The van der Waals surface area contributed by atoms with Crippen molar-refractivity contribution >= 4 is 50.5 Å². The Hall–Kier alpha value is -1.76. The van der Waals surface area contributed by atoms with Gasteiger partial charge < -0.3 is 5.32 Å². The van der Waals surface area contributed by atoms with Gasteiger partial charge in [0.1, 0.15) is 6.04 Å². The molecule has 2 rings (SSSR count). The molecule has 1 amide bonds. The highest BCUT2D eigenvalue weighted by Gasteiger charge is 2.29. The van der Waals surface area contributed by atoms with E-state index in [2.05, 4.69) is 5.32 Å². The fourth-order valence-corrected chi connectivity index (χ4v) is 3.90. The van der Waals surface area contributed by atoms with Crippen LogP contribution < -0.4 is 9.62 Å². The number of hydrogen-bond acceptors (Lipinski definition) is 3. The predicted molar refractivity (Wildman–Crippen MR) is 98.3 cm³/mol. The van der Waals surface area contributed by atoms with Gasteiger partial charge in [-0.25, -0.2) is 8.42 Å². The van der Waals surface area contributed by atoms with Gasteiger partial charge in [-0.2, -0.15) is 0 Å². The number of sulfonamides is 1. The number of anilines is 2. The topological polar surface area (TPSA) is 66.5 Å². The molecule has 0 saturated carbocycles. The van der Waals surface area contributed by atoms with Gasteiger partial charge in [-0.1, -0.05) is 47.5 Å². The van der Waals surface area contributed by atoms with Crippen LogP contribution in [0.3, 0.4) is 0 Å². The smallest absolute Gasteiger partial charge is 0.248 e. The Morgan fingerprint density at radius 1 is 1.04 bits per heavy atom. The standard InChI is InChI=1S/C16H16Cl2N2O3S/c1-11(16(21)19-15-13(17)9-6-10-14(15)18)20(24(2,22)23)12-7-4-3-5-8-12/h3-11H,1-2H3,(H,19,21)/t11-/m1/s1. The summed E-state index contributed by atoms with van der Waals surface area (Å²) in [6.07, 6.45) is 1.05. The Labute approximate surface area is 151 Å². The summed E-state index contributed by atoms with van der Waals surface area (Å²) in [5.74, 6) is -0.542. The third kappa shape index (κ3) is 4.20. The molecular weight excluding hydrogens is 371 g/mol. The number of amides is 1. The lowest BCUT2D eigenvalue weighted by Gasteiger charge is -2.28. The normalized spacial score (nSPS) is 12.5. The highest BCUT2D eigenvalue weighted by molar-refractivity contribution is 7.92. The maximum Gasteiger partial charge on any atom is 0.248 e. The van der Waals surface area contributed by atoms with Gasteiger partial charge in [0, 0.05) is 0 Å². The zero-order valence-corrected chi connectivity index (χ0v) is 15.4. The molecule has 0 saturated heterocycles. The van der Waals surface area contributed by atoms with Crippen LogP contribution in [-0.4, -0.2) is 26.6 Å². The monoisotopic (exact) mass is 386 g/mol. The minimum Gasteiger partial charge on any atom is -0.322 e. The fraction of sp³-hybridized carbons (Fsp3) is 0.188. The molecule has 24 heavy (non-hydrogen) atoms. The van der Waals surface area contributed by atoms with Crippen LogP contribution in [0.2, 0.25) is 10.0 Å². The number of nitrogens with zero attached hydrogens (tertiary/aromatic N) is 1. The molecule has 1 atom stereocenters. The number of para-hydroxylation sites is 2. The molecule has 1 N–H and O–H groups in total. The van der Waals surface area contributed by atoms with Gasteiger partial charge in [0.2, 0.25) is 15.9 Å². The van der Waals surface area contributed by atoms with Gasteiger partial charge in [-0.3, -0.25) is 9.10 Å². The zero-order chi connectivity index (χ0) is 17.9. The Morgan fingerprint density at radius 2 is 1.58 bits per heavy atom. The molecule has 8 heteroatoms. The molecule has 0 aliphatic carbocycles. The highest BCUT2D eigenvalue weighted by Crippen LogP contribution is 2.30. The average Bonchev–Trinajstić information content (AvgIpc) is 2.50. The highest BCUT2D eigenvalue weighted by atomic mass is 35.5. The van der Waals surface area contributed by atoms with E-state index in [0.29, 0.717) is 5.69 Å². The number of benzene rings is 2. The van der Waals surface area contributed by atoms with Crippen molar-refractivity contribution in [1.29, 1.82) is 0 Å². The number of nitrogens with one attached hydrogen (secondary N) is 1. The molecule has 0 aliphatic heterocycles. The molecule has 0 fully saturated rings. The second-order valence-electron chi connectivity index (χ2n) is 5.16. The second-order valence-corrected chi connectivity index (χ2v) is 7.83. The second kappa shape index (κ2) is 7.42. The van der Waals surface area contributed by atoms with Crippen LogP contribution in [0, 0.1) is 0 Å². The zero-order valence-electron chi connectivity index (χ0n) is 13.0. The van der Waals surface area contributed by atoms with Crippen molar-refractivity contribution in [3.05, 3.63) is 58.6 Å². The molecule has 2 aromatic carbocycles. The van der Waals surface area contributed by atoms with Gasteiger partial charge >= 0.3 is 0 Å². The Balaban J connectivity index is 2.33. The van der Waals surface area contributed by atoms with Crippen molar-refractivity contribution in [3.63, 3.8) is 0 Å². The molecule has 0 spiro atoms. The number of hydrogen-bond donors (Lipinski definition) is 1. The van der Waals surface area contributed by atoms with Crippen LogP contribution >= 0.6 is 23.2 Å². The van der Waals surface area contributed by atoms with Crippen LogP contribution in [0.5, 0.6) is 0 Å². The summed E-state index contributed by atoms with van der Waals surface area (Å²) >= 11 is 12.1. The van der Waals surface area contributed by atoms with Crippen LogP contribution in [0.15, 0.2) is 48.5 Å². The molecule has 2 aromatic rings. The minimum absolute atomic E-state index is 0.249. The summed E-state index contributed by atoms with van der Waals surface area (Å²) in [4.78, 5) is 12.5. The molecular formula is C16H16Cl2N2O3S. The first kappa shape index (κ1) is 18.6. The van der Waals surface area contributed by atoms with E-state index < -0.39 is 22.0 Å². The Kier molecular flexibility index (Phi) is 5.74. The molecule has 0 radical (unpaired) electrons. The summed E-state index contributed by atoms with van der Waals surface area (Å²) in [6, 6.07) is 12.2. The average molecular weight is 387 g/mol. The summed E-state index contributed by atoms with van der Waals surface area (Å²) < 4.78 is 25.4. The molecule has 5 nitrogen and oxygen atoms in total. The van der Waals surface area contributed by atoms with Crippen molar-refractivity contribution in [2.75, 3.05) is 15.9 Å². The number of rotatable bonds is 5. The number of carbonyl (C=O) groups excluding carboxylic acids is 1. The van der Waals surface area contributed by atoms with Crippen molar-refractivity contribution < 1.29 is 13.2 Å². The van der Waals surface area contributed by atoms with Crippen molar-refractivity contribution in [2.24, 2.45) is 0 Å². The predicted octanol–water partition coefficient (Wildman–Crippen LogP) is 3.79. The van der Waals surface area contributed by atoms with Gasteiger partial charge in [0.05, 0.1) is 27.7 Å². The summed E-state index contributed by atoms with van der Waals surface area (Å²) in [5.41, 5.74) is 0.645. The first-order valence-electron chi connectivity index (χ1n) is 7.01. The van der Waals surface area contributed by atoms with Gasteiger partial charge in [0.25, 0.3) is 0 Å². The first-order chi connectivity index (χ1) is 11.2. The van der Waals surface area contributed by atoms with E-state index in [1.54, 1.807) is 48.5 Å². The summed E-state index contributed by atoms with van der Waals surface area (Å²) in [7, 11) is -3.67. The molecule has 0 bridgehead atoms. The summed E-state index contributed by atoms with van der Waals surface area (Å²) in [5, 5.41) is 3.14. The lowest BCUT2D eigenvalue weighted by Crippen LogP contribution is -2.45. The van der Waals surface area contributed by atoms with Gasteiger partial charge in [-0.15, -0.1) is 0 Å². The minimum atomic E-state index is -3.67. The maximum absolute atomic E-state index is 12.5. The van der Waals surface area contributed by atoms with Crippen LogP contribution in [0.1, 0.15) is 6.92 Å². The van der Waals surface area contributed by atoms with Gasteiger partial charge in [-0.05, 0) is 31.2 Å². The number of carbonyl (C=O) groups is 1. The lowest BCUT2D eigenvalue weighted by molar-refractivity contribution is -0.116. The maximum atomic E-state index is 12.5. The third-order valence-corrected chi connectivity index (χ3v) is 5.18. The molecule has 128 valence electrons. The van der Waals surface area contributed by atoms with Crippen LogP contribution in [0.4, 0.5) is 11.4 Å². The van der Waals surface area contributed by atoms with Crippen molar-refractivity contribution in [1.82, 2.24) is 0 Å². The SMILES string of the molecule is C[C@H](C(=O)Nc1c(Cl)cccc1Cl)N(c1ccccc1)S(C)(=O)=O. The van der Waals surface area contributed by atoms with Crippen LogP contribution in [0.25, 0.3) is 0 Å². The van der Waals surface area contributed by atoms with E-state index >= 15 is 0 Å². The lowest BCUT2D eigenvalue weighted by atomic mass is 10.2. The largest absolute Gasteiger partial charge is 0.322 e.